The summed E-state index contributed by atoms with van der Waals surface area (Å²) in [4.78, 5) is 14.4. The second kappa shape index (κ2) is 8.91. The highest BCUT2D eigenvalue weighted by atomic mass is 16.3. The zero-order valence-corrected chi connectivity index (χ0v) is 13.5. The number of nitrogens with one attached hydrogen (secondary N) is 1. The van der Waals surface area contributed by atoms with Gasteiger partial charge in [-0.2, -0.15) is 0 Å². The number of benzene rings is 1. The lowest BCUT2D eigenvalue weighted by Gasteiger charge is -2.30. The van der Waals surface area contributed by atoms with Crippen LogP contribution in [0.1, 0.15) is 44.3 Å². The molecule has 0 saturated carbocycles. The Morgan fingerprint density at radius 3 is 2.64 bits per heavy atom. The molecule has 2 rings (SSSR count). The van der Waals surface area contributed by atoms with Gasteiger partial charge in [-0.15, -0.1) is 0 Å². The molecule has 1 aliphatic rings. The molecule has 122 valence electrons. The predicted octanol–water partition coefficient (Wildman–Crippen LogP) is 2.35. The van der Waals surface area contributed by atoms with Crippen molar-refractivity contribution in [3.05, 3.63) is 35.9 Å². The van der Waals surface area contributed by atoms with Gasteiger partial charge in [0.2, 0.25) is 0 Å². The van der Waals surface area contributed by atoms with Gasteiger partial charge in [-0.05, 0) is 56.8 Å². The summed E-state index contributed by atoms with van der Waals surface area (Å²) in [5.74, 6) is 0.563. The summed E-state index contributed by atoms with van der Waals surface area (Å²) >= 11 is 0. The monoisotopic (exact) mass is 304 g/mol. The van der Waals surface area contributed by atoms with Crippen LogP contribution < -0.4 is 5.32 Å². The number of unbranched alkanes of at least 4 members (excludes halogenated alkanes) is 1. The molecule has 1 amide bonds. The molecule has 1 aromatic carbocycles. The average molecular weight is 304 g/mol. The van der Waals surface area contributed by atoms with Crippen molar-refractivity contribution < 1.29 is 9.90 Å². The second-order valence-electron chi connectivity index (χ2n) is 6.34. The van der Waals surface area contributed by atoms with Crippen LogP contribution in [0.25, 0.3) is 0 Å². The van der Waals surface area contributed by atoms with Crippen molar-refractivity contribution in [3.63, 3.8) is 0 Å². The van der Waals surface area contributed by atoms with Crippen molar-refractivity contribution >= 4 is 5.91 Å². The highest BCUT2D eigenvalue weighted by Gasteiger charge is 2.17. The van der Waals surface area contributed by atoms with E-state index in [0.29, 0.717) is 12.1 Å². The van der Waals surface area contributed by atoms with Crippen molar-refractivity contribution in [1.82, 2.24) is 10.2 Å². The summed E-state index contributed by atoms with van der Waals surface area (Å²) < 4.78 is 0. The van der Waals surface area contributed by atoms with Crippen LogP contribution >= 0.6 is 0 Å². The topological polar surface area (TPSA) is 52.6 Å². The van der Waals surface area contributed by atoms with Gasteiger partial charge < -0.3 is 15.3 Å². The largest absolute Gasteiger partial charge is 0.378 e. The van der Waals surface area contributed by atoms with Crippen LogP contribution in [0.2, 0.25) is 0 Å². The van der Waals surface area contributed by atoms with E-state index in [9.17, 15) is 9.90 Å². The fourth-order valence-electron chi connectivity index (χ4n) is 2.84. The van der Waals surface area contributed by atoms with E-state index in [4.69, 9.17) is 0 Å². The van der Waals surface area contributed by atoms with Gasteiger partial charge >= 0.3 is 0 Å². The zero-order valence-electron chi connectivity index (χ0n) is 13.5. The molecule has 22 heavy (non-hydrogen) atoms. The molecule has 4 heteroatoms. The number of piperidine rings is 1. The summed E-state index contributed by atoms with van der Waals surface area (Å²) in [7, 11) is 0. The molecule has 0 aromatic heterocycles. The van der Waals surface area contributed by atoms with E-state index < -0.39 is 6.10 Å². The number of hydrogen-bond donors (Lipinski definition) is 2. The standard InChI is InChI=1S/C18H28N2O2/c1-15-9-13-20(14-10-15)12-6-5-11-19-18(22)17(21)16-7-3-2-4-8-16/h2-4,7-8,15,17,21H,5-6,9-14H2,1H3,(H,19,22). The Hall–Kier alpha value is -1.39. The summed E-state index contributed by atoms with van der Waals surface area (Å²) in [6.45, 7) is 6.49. The molecule has 0 radical (unpaired) electrons. The van der Waals surface area contributed by atoms with Gasteiger partial charge in [-0.25, -0.2) is 0 Å². The second-order valence-corrected chi connectivity index (χ2v) is 6.34. The fourth-order valence-corrected chi connectivity index (χ4v) is 2.84. The Morgan fingerprint density at radius 1 is 1.27 bits per heavy atom. The zero-order chi connectivity index (χ0) is 15.8. The van der Waals surface area contributed by atoms with Crippen LogP contribution in [-0.2, 0) is 4.79 Å². The SMILES string of the molecule is CC1CCN(CCCCNC(=O)C(O)c2ccccc2)CC1. The molecule has 4 nitrogen and oxygen atoms in total. The smallest absolute Gasteiger partial charge is 0.253 e. The number of carbonyl (C=O) groups is 1. The van der Waals surface area contributed by atoms with Crippen molar-refractivity contribution in [3.8, 4) is 0 Å². The van der Waals surface area contributed by atoms with Crippen molar-refractivity contribution in [2.24, 2.45) is 5.92 Å². The third-order valence-electron chi connectivity index (χ3n) is 4.44. The molecule has 1 aliphatic heterocycles. The van der Waals surface area contributed by atoms with Gasteiger partial charge in [0.15, 0.2) is 6.10 Å². The van der Waals surface area contributed by atoms with Gasteiger partial charge in [0.25, 0.3) is 5.91 Å². The Morgan fingerprint density at radius 2 is 1.95 bits per heavy atom. The van der Waals surface area contributed by atoms with E-state index in [-0.39, 0.29) is 5.91 Å². The molecule has 1 fully saturated rings. The van der Waals surface area contributed by atoms with E-state index in [2.05, 4.69) is 17.1 Å². The van der Waals surface area contributed by atoms with E-state index in [1.54, 1.807) is 12.1 Å². The van der Waals surface area contributed by atoms with Crippen LogP contribution in [0.5, 0.6) is 0 Å². The average Bonchev–Trinajstić information content (AvgIpc) is 2.56. The van der Waals surface area contributed by atoms with E-state index in [1.165, 1.54) is 25.9 Å². The van der Waals surface area contributed by atoms with Crippen LogP contribution in [0.4, 0.5) is 0 Å². The minimum absolute atomic E-state index is 0.307. The molecule has 1 heterocycles. The molecule has 0 aliphatic carbocycles. The Bertz CT molecular complexity index is 442. The molecule has 1 saturated heterocycles. The highest BCUT2D eigenvalue weighted by Crippen LogP contribution is 2.16. The Kier molecular flexibility index (Phi) is 6.87. The van der Waals surface area contributed by atoms with E-state index in [0.717, 1.165) is 25.3 Å². The van der Waals surface area contributed by atoms with Crippen LogP contribution in [-0.4, -0.2) is 42.1 Å². The molecular weight excluding hydrogens is 276 g/mol. The maximum Gasteiger partial charge on any atom is 0.253 e. The number of likely N-dealkylation sites (tertiary alicyclic amines) is 1. The summed E-state index contributed by atoms with van der Waals surface area (Å²) in [5.41, 5.74) is 0.641. The maximum absolute atomic E-state index is 11.9. The predicted molar refractivity (Wildman–Crippen MR) is 88.5 cm³/mol. The summed E-state index contributed by atoms with van der Waals surface area (Å²) in [5, 5.41) is 12.8. The minimum atomic E-state index is -1.07. The number of aliphatic hydroxyl groups excluding tert-OH is 1. The Labute approximate surface area is 133 Å². The number of hydrogen-bond acceptors (Lipinski definition) is 3. The van der Waals surface area contributed by atoms with Crippen molar-refractivity contribution in [2.75, 3.05) is 26.2 Å². The van der Waals surface area contributed by atoms with Crippen LogP contribution in [0.15, 0.2) is 30.3 Å². The quantitative estimate of drug-likeness (QED) is 0.760. The normalized spacial score (nSPS) is 18.1. The van der Waals surface area contributed by atoms with E-state index >= 15 is 0 Å². The van der Waals surface area contributed by atoms with Crippen LogP contribution in [0, 0.1) is 5.92 Å². The number of nitrogens with zero attached hydrogens (tertiary/aromatic N) is 1. The first kappa shape index (κ1) is 17.0. The van der Waals surface area contributed by atoms with Crippen LogP contribution in [0.3, 0.4) is 0 Å². The third-order valence-corrected chi connectivity index (χ3v) is 4.44. The maximum atomic E-state index is 11.9. The third kappa shape index (κ3) is 5.43. The minimum Gasteiger partial charge on any atom is -0.378 e. The lowest BCUT2D eigenvalue weighted by atomic mass is 9.99. The highest BCUT2D eigenvalue weighted by molar-refractivity contribution is 5.81. The summed E-state index contributed by atoms with van der Waals surface area (Å²) in [6, 6.07) is 9.05. The lowest BCUT2D eigenvalue weighted by molar-refractivity contribution is -0.129. The molecule has 1 atom stereocenters. The van der Waals surface area contributed by atoms with Gasteiger partial charge in [0, 0.05) is 6.54 Å². The van der Waals surface area contributed by atoms with E-state index in [1.807, 2.05) is 18.2 Å². The molecule has 1 unspecified atom stereocenters. The molecule has 1 aromatic rings. The number of amides is 1. The molecule has 2 N–H and O–H groups in total. The molecule has 0 bridgehead atoms. The molecular formula is C18H28N2O2. The molecule has 0 spiro atoms. The van der Waals surface area contributed by atoms with Gasteiger partial charge in [-0.3, -0.25) is 4.79 Å². The first-order valence-corrected chi connectivity index (χ1v) is 8.40. The fraction of sp³-hybridized carbons (Fsp3) is 0.611. The first-order valence-electron chi connectivity index (χ1n) is 8.40. The van der Waals surface area contributed by atoms with Crippen molar-refractivity contribution in [2.45, 2.75) is 38.7 Å². The Balaban J connectivity index is 1.57. The first-order chi connectivity index (χ1) is 10.7. The van der Waals surface area contributed by atoms with Gasteiger partial charge in [-0.1, -0.05) is 37.3 Å². The van der Waals surface area contributed by atoms with Gasteiger partial charge in [0.05, 0.1) is 0 Å². The lowest BCUT2D eigenvalue weighted by Crippen LogP contribution is -2.34. The van der Waals surface area contributed by atoms with Crippen molar-refractivity contribution in [1.29, 1.82) is 0 Å². The summed E-state index contributed by atoms with van der Waals surface area (Å²) in [6.07, 6.45) is 3.60. The number of aliphatic hydroxyl groups is 1. The number of carbonyl (C=O) groups excluding carboxylic acids is 1. The number of rotatable bonds is 7. The van der Waals surface area contributed by atoms with Gasteiger partial charge in [0.1, 0.15) is 0 Å².